The Hall–Kier alpha value is -6.94. The number of nitrogens with zero attached hydrogens (tertiary/aromatic N) is 2. The van der Waals surface area contributed by atoms with Gasteiger partial charge in [-0.2, -0.15) is 0 Å². The predicted molar refractivity (Wildman–Crippen MR) is 237 cm³/mol. The summed E-state index contributed by atoms with van der Waals surface area (Å²) >= 11 is 1.87. The summed E-state index contributed by atoms with van der Waals surface area (Å²) in [6, 6.07) is 71.3. The summed E-state index contributed by atoms with van der Waals surface area (Å²) in [5.74, 6) is 0. The van der Waals surface area contributed by atoms with Crippen molar-refractivity contribution in [3.05, 3.63) is 194 Å². The Balaban J connectivity index is 1.05. The zero-order valence-electron chi connectivity index (χ0n) is 29.8. The van der Waals surface area contributed by atoms with Crippen molar-refractivity contribution in [3.63, 3.8) is 0 Å². The van der Waals surface area contributed by atoms with Crippen molar-refractivity contribution in [3.8, 4) is 16.8 Å². The predicted octanol–water partition coefficient (Wildman–Crippen LogP) is 15.2. The van der Waals surface area contributed by atoms with Crippen LogP contribution in [0, 0.1) is 0 Å². The normalized spacial score (nSPS) is 12.0. The molecule has 0 aliphatic rings. The summed E-state index contributed by atoms with van der Waals surface area (Å²) in [7, 11) is 0. The van der Waals surface area contributed by atoms with Gasteiger partial charge in [-0.15, -0.1) is 11.3 Å². The van der Waals surface area contributed by atoms with Gasteiger partial charge in [-0.1, -0.05) is 133 Å². The molecule has 2 nitrogen and oxygen atoms in total. The third-order valence-electron chi connectivity index (χ3n) is 11.5. The molecule has 12 rings (SSSR count). The minimum atomic E-state index is 1.13. The van der Waals surface area contributed by atoms with Crippen LogP contribution in [0.4, 0.5) is 17.1 Å². The molecule has 12 aromatic rings. The SMILES string of the molecule is c1ccc(N(c2ccc(-c3ccc4ccc5c6c(ccc3c46)cc3c4ccccc4n(-c4ccccc4)c35)cc2)c2cccc3c2sc2ccccc23)cc1. The maximum atomic E-state index is 2.45. The number of rotatable bonds is 5. The first kappa shape index (κ1) is 30.5. The molecule has 0 bridgehead atoms. The highest BCUT2D eigenvalue weighted by molar-refractivity contribution is 7.26. The zero-order valence-corrected chi connectivity index (χ0v) is 30.6. The van der Waals surface area contributed by atoms with Crippen LogP contribution in [0.3, 0.4) is 0 Å². The Morgan fingerprint density at radius 2 is 1.07 bits per heavy atom. The van der Waals surface area contributed by atoms with Crippen LogP contribution in [0.25, 0.3) is 91.1 Å². The van der Waals surface area contributed by atoms with E-state index >= 15 is 0 Å². The molecule has 10 aromatic carbocycles. The van der Waals surface area contributed by atoms with Gasteiger partial charge in [-0.3, -0.25) is 0 Å². The van der Waals surface area contributed by atoms with Crippen LogP contribution in [0.2, 0.25) is 0 Å². The second-order valence-electron chi connectivity index (χ2n) is 14.5. The van der Waals surface area contributed by atoms with Crippen LogP contribution in [-0.4, -0.2) is 4.57 Å². The molecule has 0 fully saturated rings. The molecule has 2 heterocycles. The summed E-state index contributed by atoms with van der Waals surface area (Å²) < 4.78 is 5.06. The Morgan fingerprint density at radius 1 is 0.418 bits per heavy atom. The standard InChI is InChI=1S/C52H32N2S/c1-3-12-36(13-4-1)53(47-20-11-18-43-41-17-8-10-21-48(41)55-52(43)47)38-27-22-33(23-28-38)39-29-24-34-25-31-44-50-35(26-30-42(39)49(34)50)32-45-40-16-7-9-19-46(40)54(51(44)45)37-14-5-2-6-15-37/h1-32H. The van der Waals surface area contributed by atoms with E-state index in [1.54, 1.807) is 0 Å². The van der Waals surface area contributed by atoms with E-state index in [-0.39, 0.29) is 0 Å². The Bertz CT molecular complexity index is 3410. The lowest BCUT2D eigenvalue weighted by Crippen LogP contribution is -2.09. The molecule has 0 spiro atoms. The van der Waals surface area contributed by atoms with Gasteiger partial charge in [-0.05, 0) is 98.7 Å². The topological polar surface area (TPSA) is 8.17 Å². The zero-order chi connectivity index (χ0) is 36.0. The quantitative estimate of drug-likeness (QED) is 0.161. The molecule has 0 N–H and O–H groups in total. The molecule has 0 saturated heterocycles. The number of anilines is 3. The number of thiophene rings is 1. The van der Waals surface area contributed by atoms with Gasteiger partial charge in [0.05, 0.1) is 21.4 Å². The number of hydrogen-bond donors (Lipinski definition) is 0. The molecule has 0 aliphatic heterocycles. The van der Waals surface area contributed by atoms with Crippen molar-refractivity contribution in [1.82, 2.24) is 4.57 Å². The number of para-hydroxylation sites is 3. The molecule has 0 unspecified atom stereocenters. The second-order valence-corrected chi connectivity index (χ2v) is 15.5. The Labute approximate surface area is 321 Å². The monoisotopic (exact) mass is 716 g/mol. The van der Waals surface area contributed by atoms with Gasteiger partial charge in [-0.25, -0.2) is 0 Å². The lowest BCUT2D eigenvalue weighted by Gasteiger charge is -2.26. The summed E-state index contributed by atoms with van der Waals surface area (Å²) in [6.45, 7) is 0. The fourth-order valence-corrected chi connectivity index (χ4v) is 10.3. The van der Waals surface area contributed by atoms with Crippen molar-refractivity contribution in [2.45, 2.75) is 0 Å². The van der Waals surface area contributed by atoms with Gasteiger partial charge < -0.3 is 9.47 Å². The van der Waals surface area contributed by atoms with Crippen molar-refractivity contribution >= 4 is 103 Å². The maximum absolute atomic E-state index is 2.45. The lowest BCUT2D eigenvalue weighted by atomic mass is 9.89. The molecule has 3 heteroatoms. The first-order valence-corrected chi connectivity index (χ1v) is 19.7. The van der Waals surface area contributed by atoms with Crippen LogP contribution in [-0.2, 0) is 0 Å². The molecular weight excluding hydrogens is 685 g/mol. The fraction of sp³-hybridized carbons (Fsp3) is 0. The van der Waals surface area contributed by atoms with E-state index in [0.717, 1.165) is 11.4 Å². The van der Waals surface area contributed by atoms with E-state index in [1.165, 1.54) is 96.8 Å². The number of benzene rings is 10. The average Bonchev–Trinajstić information content (AvgIpc) is 3.80. The van der Waals surface area contributed by atoms with Crippen LogP contribution in [0.5, 0.6) is 0 Å². The van der Waals surface area contributed by atoms with Gasteiger partial charge in [0.25, 0.3) is 0 Å². The highest BCUT2D eigenvalue weighted by Crippen LogP contribution is 2.47. The number of aromatic nitrogens is 1. The van der Waals surface area contributed by atoms with Crippen molar-refractivity contribution < 1.29 is 0 Å². The van der Waals surface area contributed by atoms with Crippen LogP contribution >= 0.6 is 11.3 Å². The minimum Gasteiger partial charge on any atom is -0.309 e. The van der Waals surface area contributed by atoms with Gasteiger partial charge in [0, 0.05) is 48.7 Å². The van der Waals surface area contributed by atoms with E-state index in [2.05, 4.69) is 204 Å². The summed E-state index contributed by atoms with van der Waals surface area (Å²) in [5.41, 5.74) is 9.59. The minimum absolute atomic E-state index is 1.13. The number of fused-ring (bicyclic) bond motifs is 7. The molecular formula is C52H32N2S. The smallest absolute Gasteiger partial charge is 0.0640 e. The molecule has 2 aromatic heterocycles. The summed E-state index contributed by atoms with van der Waals surface area (Å²) in [6.07, 6.45) is 0. The largest absolute Gasteiger partial charge is 0.309 e. The van der Waals surface area contributed by atoms with Crippen molar-refractivity contribution in [2.24, 2.45) is 0 Å². The van der Waals surface area contributed by atoms with Gasteiger partial charge >= 0.3 is 0 Å². The summed E-state index contributed by atoms with van der Waals surface area (Å²) in [5, 5.41) is 12.9. The Morgan fingerprint density at radius 3 is 1.93 bits per heavy atom. The third kappa shape index (κ3) is 4.48. The first-order chi connectivity index (χ1) is 27.3. The van der Waals surface area contributed by atoms with Gasteiger partial charge in [0.2, 0.25) is 0 Å². The summed E-state index contributed by atoms with van der Waals surface area (Å²) in [4.78, 5) is 2.41. The van der Waals surface area contributed by atoms with Crippen LogP contribution < -0.4 is 4.90 Å². The van der Waals surface area contributed by atoms with Gasteiger partial charge in [0.15, 0.2) is 0 Å². The third-order valence-corrected chi connectivity index (χ3v) is 12.7. The number of hydrogen-bond acceptors (Lipinski definition) is 2. The average molecular weight is 717 g/mol. The Kier molecular flexibility index (Phi) is 6.54. The second kappa shape index (κ2) is 11.8. The molecule has 55 heavy (non-hydrogen) atoms. The molecule has 0 saturated carbocycles. The van der Waals surface area contributed by atoms with Crippen LogP contribution in [0.1, 0.15) is 0 Å². The molecule has 256 valence electrons. The van der Waals surface area contributed by atoms with Gasteiger partial charge in [0.1, 0.15) is 0 Å². The molecule has 0 radical (unpaired) electrons. The van der Waals surface area contributed by atoms with E-state index < -0.39 is 0 Å². The molecule has 0 aliphatic carbocycles. The van der Waals surface area contributed by atoms with E-state index in [1.807, 2.05) is 11.3 Å². The first-order valence-electron chi connectivity index (χ1n) is 18.9. The maximum Gasteiger partial charge on any atom is 0.0640 e. The van der Waals surface area contributed by atoms with E-state index in [0.29, 0.717) is 0 Å². The highest BCUT2D eigenvalue weighted by Gasteiger charge is 2.21. The molecule has 0 atom stereocenters. The van der Waals surface area contributed by atoms with Crippen LogP contribution in [0.15, 0.2) is 194 Å². The lowest BCUT2D eigenvalue weighted by molar-refractivity contribution is 1.19. The molecule has 0 amide bonds. The van der Waals surface area contributed by atoms with E-state index in [9.17, 15) is 0 Å². The highest BCUT2D eigenvalue weighted by atomic mass is 32.1. The van der Waals surface area contributed by atoms with Crippen molar-refractivity contribution in [1.29, 1.82) is 0 Å². The van der Waals surface area contributed by atoms with E-state index in [4.69, 9.17) is 0 Å². The van der Waals surface area contributed by atoms with Crippen molar-refractivity contribution in [2.75, 3.05) is 4.90 Å². The fourth-order valence-electron chi connectivity index (χ4n) is 9.12.